The Hall–Kier alpha value is -3.38. The average Bonchev–Trinajstić information content (AvgIpc) is 2.76. The molecule has 0 spiro atoms. The number of fused-ring (bicyclic) bond motifs is 1. The fraction of sp³-hybridized carbons (Fsp3) is 0.316. The minimum Gasteiger partial charge on any atom is -0.477 e. The van der Waals surface area contributed by atoms with Gasteiger partial charge in [0.2, 0.25) is 0 Å². The van der Waals surface area contributed by atoms with Crippen LogP contribution in [0, 0.1) is 0 Å². The van der Waals surface area contributed by atoms with E-state index in [1.54, 1.807) is 30.3 Å². The number of nitrogens with zero attached hydrogens (tertiary/aromatic N) is 2. The highest BCUT2D eigenvalue weighted by atomic mass is 32.2. The molecule has 2 atom stereocenters. The molecule has 2 aliphatic rings. The van der Waals surface area contributed by atoms with Crippen LogP contribution in [0.4, 0.5) is 0 Å². The normalized spacial score (nSPS) is 23.0. The van der Waals surface area contributed by atoms with Crippen molar-refractivity contribution >= 4 is 41.2 Å². The maximum atomic E-state index is 13.0. The van der Waals surface area contributed by atoms with Crippen LogP contribution in [-0.2, 0) is 28.7 Å². The first-order chi connectivity index (χ1) is 14.8. The van der Waals surface area contributed by atoms with E-state index in [4.69, 9.17) is 9.47 Å². The van der Waals surface area contributed by atoms with E-state index in [-0.39, 0.29) is 29.3 Å². The second kappa shape index (κ2) is 8.78. The minimum atomic E-state index is -1.86. The van der Waals surface area contributed by atoms with Gasteiger partial charge in [-0.15, -0.1) is 11.8 Å². The molecule has 0 aromatic heterocycles. The molecule has 1 saturated heterocycles. The lowest BCUT2D eigenvalue weighted by Gasteiger charge is -2.55. The third-order valence-corrected chi connectivity index (χ3v) is 6.12. The molecule has 0 saturated carbocycles. The number of ether oxygens (including phenoxy) is 2. The summed E-state index contributed by atoms with van der Waals surface area (Å²) >= 11 is 1.14. The van der Waals surface area contributed by atoms with Gasteiger partial charge in [-0.3, -0.25) is 19.3 Å². The molecule has 0 aliphatic carbocycles. The second-order valence-corrected chi connectivity index (χ2v) is 7.65. The smallest absolute Gasteiger partial charge is 0.352 e. The first-order valence-electron chi connectivity index (χ1n) is 8.96. The van der Waals surface area contributed by atoms with Crippen molar-refractivity contribution in [3.8, 4) is 0 Å². The maximum absolute atomic E-state index is 13.0. The topological polar surface area (TPSA) is 155 Å². The Bertz CT molecular complexity index is 993. The summed E-state index contributed by atoms with van der Waals surface area (Å²) in [5.41, 5.74) is -1.97. The maximum Gasteiger partial charge on any atom is 0.352 e. The number of aliphatic carboxylic acids is 1. The number of rotatable bonds is 7. The summed E-state index contributed by atoms with van der Waals surface area (Å²) in [6, 6.07) is 8.09. The number of thioether (sulfide) groups is 1. The molecule has 164 valence electrons. The Kier molecular flexibility index (Phi) is 6.32. The summed E-state index contributed by atoms with van der Waals surface area (Å²) in [4.78, 5) is 49.7. The molecule has 0 unspecified atom stereocenters. The van der Waals surface area contributed by atoms with Crippen LogP contribution in [0.5, 0.6) is 0 Å². The molecule has 0 radical (unpaired) electrons. The zero-order chi connectivity index (χ0) is 22.8. The van der Waals surface area contributed by atoms with Gasteiger partial charge in [-0.05, 0) is 0 Å². The Morgan fingerprint density at radius 2 is 2.00 bits per heavy atom. The molecule has 0 bridgehead atoms. The monoisotopic (exact) mass is 449 g/mol. The number of benzene rings is 1. The first kappa shape index (κ1) is 22.3. The van der Waals surface area contributed by atoms with E-state index in [1.807, 2.05) is 0 Å². The van der Waals surface area contributed by atoms with E-state index < -0.39 is 34.9 Å². The van der Waals surface area contributed by atoms with Gasteiger partial charge in [0.1, 0.15) is 17.7 Å². The summed E-state index contributed by atoms with van der Waals surface area (Å²) in [5.74, 6) is -3.53. The highest BCUT2D eigenvalue weighted by Crippen LogP contribution is 2.46. The van der Waals surface area contributed by atoms with Gasteiger partial charge in [0.15, 0.2) is 5.71 Å². The van der Waals surface area contributed by atoms with Crippen molar-refractivity contribution in [2.75, 3.05) is 19.5 Å². The number of methoxy groups -OCH3 is 1. The summed E-state index contributed by atoms with van der Waals surface area (Å²) in [5, 5.41) is 23.5. The van der Waals surface area contributed by atoms with Gasteiger partial charge in [-0.1, -0.05) is 35.5 Å². The van der Waals surface area contributed by atoms with E-state index in [9.17, 15) is 29.5 Å². The molecule has 12 heteroatoms. The Morgan fingerprint density at radius 1 is 1.32 bits per heavy atom. The average molecular weight is 449 g/mol. The number of hydrogen-bond donors (Lipinski definition) is 3. The molecule has 3 N–H and O–H groups in total. The van der Waals surface area contributed by atoms with E-state index in [2.05, 4.69) is 10.5 Å². The van der Waals surface area contributed by atoms with Gasteiger partial charge in [-0.25, -0.2) is 4.79 Å². The molecule has 1 aromatic carbocycles. The number of carbonyl (C=O) groups excluding carboxylic acids is 3. The highest BCUT2D eigenvalue weighted by molar-refractivity contribution is 8.00. The number of carbonyl (C=O) groups is 4. The van der Waals surface area contributed by atoms with Gasteiger partial charge in [0.25, 0.3) is 17.5 Å². The van der Waals surface area contributed by atoms with Crippen molar-refractivity contribution in [1.29, 1.82) is 0 Å². The number of hydrogen-bond acceptors (Lipinski definition) is 9. The number of carboxylic acid groups (broad SMARTS) is 1. The van der Waals surface area contributed by atoms with Crippen LogP contribution in [0.15, 0.2) is 46.8 Å². The minimum absolute atomic E-state index is 0.129. The van der Waals surface area contributed by atoms with Crippen LogP contribution in [0.2, 0.25) is 0 Å². The van der Waals surface area contributed by atoms with E-state index in [1.165, 1.54) is 14.0 Å². The van der Waals surface area contributed by atoms with Gasteiger partial charge < -0.3 is 25.1 Å². The third kappa shape index (κ3) is 3.86. The molecule has 11 nitrogen and oxygen atoms in total. The van der Waals surface area contributed by atoms with Gasteiger partial charge in [-0.2, -0.15) is 0 Å². The van der Waals surface area contributed by atoms with E-state index in [0.29, 0.717) is 5.56 Å². The van der Waals surface area contributed by atoms with Crippen molar-refractivity contribution in [2.45, 2.75) is 18.0 Å². The third-order valence-electron chi connectivity index (χ3n) is 4.75. The molecule has 2 aliphatic heterocycles. The van der Waals surface area contributed by atoms with Crippen molar-refractivity contribution in [3.05, 3.63) is 47.2 Å². The largest absolute Gasteiger partial charge is 0.477 e. The molecule has 1 aromatic rings. The van der Waals surface area contributed by atoms with Crippen LogP contribution >= 0.6 is 11.8 Å². The van der Waals surface area contributed by atoms with Crippen LogP contribution in [0.3, 0.4) is 0 Å². The number of esters is 1. The molecular weight excluding hydrogens is 430 g/mol. The zero-order valence-electron chi connectivity index (χ0n) is 16.5. The van der Waals surface area contributed by atoms with Crippen molar-refractivity contribution < 1.29 is 39.0 Å². The van der Waals surface area contributed by atoms with Crippen molar-refractivity contribution in [3.63, 3.8) is 0 Å². The summed E-state index contributed by atoms with van der Waals surface area (Å²) in [7, 11) is 1.20. The fourth-order valence-electron chi connectivity index (χ4n) is 3.30. The SMILES string of the molecule is CO[C@@]1(NC(=O)/C(=N/O)c2ccccc2)C(=O)N2C(C(=O)O)=C(COC(C)=O)CS[C@@H]21. The van der Waals surface area contributed by atoms with Crippen molar-refractivity contribution in [2.24, 2.45) is 5.16 Å². The standard InChI is InChI=1S/C19H19N3O8S/c1-10(23)30-8-12-9-31-18-19(29-2,17(27)22(18)14(12)16(25)26)20-15(24)13(21-28)11-6-4-3-5-7-11/h3-7,18,28H,8-9H2,1-2H3,(H,20,24)(H,25,26)/b21-13+/t18-,19+/m1/s1. The lowest BCUT2D eigenvalue weighted by atomic mass is 9.97. The molecule has 3 rings (SSSR count). The number of oxime groups is 1. The number of amides is 2. The lowest BCUT2D eigenvalue weighted by molar-refractivity contribution is -0.191. The Morgan fingerprint density at radius 3 is 2.55 bits per heavy atom. The molecular formula is C19H19N3O8S. The molecule has 1 fully saturated rings. The Labute approximate surface area is 180 Å². The summed E-state index contributed by atoms with van der Waals surface area (Å²) in [6.45, 7) is 0.912. The van der Waals surface area contributed by atoms with Crippen molar-refractivity contribution in [1.82, 2.24) is 10.2 Å². The van der Waals surface area contributed by atoms with Crippen LogP contribution < -0.4 is 5.32 Å². The van der Waals surface area contributed by atoms with Crippen LogP contribution in [0.1, 0.15) is 12.5 Å². The van der Waals surface area contributed by atoms with E-state index in [0.717, 1.165) is 16.7 Å². The second-order valence-electron chi connectivity index (χ2n) is 6.58. The van der Waals surface area contributed by atoms with Gasteiger partial charge in [0, 0.05) is 30.9 Å². The predicted molar refractivity (Wildman–Crippen MR) is 107 cm³/mol. The molecule has 2 amide bonds. The summed E-state index contributed by atoms with van der Waals surface area (Å²) in [6.07, 6.45) is 0. The lowest BCUT2D eigenvalue weighted by Crippen LogP contribution is -2.81. The fourth-order valence-corrected chi connectivity index (χ4v) is 4.72. The quantitative estimate of drug-likeness (QED) is 0.132. The first-order valence-corrected chi connectivity index (χ1v) is 10.0. The van der Waals surface area contributed by atoms with Gasteiger partial charge >= 0.3 is 11.9 Å². The van der Waals surface area contributed by atoms with Crippen LogP contribution in [0.25, 0.3) is 0 Å². The summed E-state index contributed by atoms with van der Waals surface area (Å²) < 4.78 is 10.2. The molecule has 31 heavy (non-hydrogen) atoms. The number of carboxylic acids is 1. The number of nitrogens with one attached hydrogen (secondary N) is 1. The Balaban J connectivity index is 1.88. The predicted octanol–water partition coefficient (Wildman–Crippen LogP) is 0.141. The van der Waals surface area contributed by atoms with E-state index >= 15 is 0 Å². The zero-order valence-corrected chi connectivity index (χ0v) is 17.3. The number of β-lactam (4-membered cyclic amide) rings is 1. The molecule has 2 heterocycles. The van der Waals surface area contributed by atoms with Gasteiger partial charge in [0.05, 0.1) is 0 Å². The van der Waals surface area contributed by atoms with Crippen LogP contribution in [-0.4, -0.2) is 75.2 Å². The highest BCUT2D eigenvalue weighted by Gasteiger charge is 2.66.